The summed E-state index contributed by atoms with van der Waals surface area (Å²) < 4.78 is 296. The van der Waals surface area contributed by atoms with Crippen LogP contribution < -0.4 is 26.4 Å². The summed E-state index contributed by atoms with van der Waals surface area (Å²) in [5, 5.41) is 2.70. The van der Waals surface area contributed by atoms with Gasteiger partial charge in [-0.3, -0.25) is 4.79 Å². The molecule has 6 aromatic carbocycles. The van der Waals surface area contributed by atoms with E-state index in [4.69, 9.17) is 11.6 Å². The summed E-state index contributed by atoms with van der Waals surface area (Å²) in [6.45, 7) is 0.244. The molecule has 0 bridgehead atoms. The summed E-state index contributed by atoms with van der Waals surface area (Å²) in [6, 6.07) is 19.1. The molecule has 1 heterocycles. The average Bonchev–Trinajstić information content (AvgIpc) is 3.29. The third-order valence-electron chi connectivity index (χ3n) is 9.96. The predicted molar refractivity (Wildman–Crippen MR) is 189 cm³/mol. The Morgan fingerprint density at radius 2 is 0.646 bits per heavy atom. The molecular weight excluding hydrogens is 949 g/mol. The van der Waals surface area contributed by atoms with Crippen LogP contribution in [0.4, 0.5) is 87.8 Å². The van der Waals surface area contributed by atoms with Gasteiger partial charge in [0, 0.05) is 17.0 Å². The average molecular weight is 962 g/mol. The number of carbonyl (C=O) groups is 1. The molecule has 65 heavy (non-hydrogen) atoms. The van der Waals surface area contributed by atoms with E-state index in [1.165, 1.54) is 0 Å². The van der Waals surface area contributed by atoms with Gasteiger partial charge >= 0.3 is 0 Å². The van der Waals surface area contributed by atoms with Gasteiger partial charge < -0.3 is 0 Å². The van der Waals surface area contributed by atoms with Crippen LogP contribution in [0.3, 0.4) is 0 Å². The summed E-state index contributed by atoms with van der Waals surface area (Å²) >= 11 is 6.25. The summed E-state index contributed by atoms with van der Waals surface area (Å²) in [6.07, 6.45) is -5.30. The van der Waals surface area contributed by atoms with Gasteiger partial charge in [-0.15, -0.1) is 21.9 Å². The number of carbonyl (C=O) groups excluding carboxylic acids is 1. The molecule has 0 aliphatic carbocycles. The van der Waals surface area contributed by atoms with Crippen molar-refractivity contribution in [1.29, 1.82) is 0 Å². The van der Waals surface area contributed by atoms with E-state index < -0.39 is 144 Å². The number of benzene rings is 6. The molecule has 2 nitrogen and oxygen atoms in total. The Hall–Kier alpha value is -6.65. The lowest BCUT2D eigenvalue weighted by molar-refractivity contribution is -0.679. The van der Waals surface area contributed by atoms with Crippen molar-refractivity contribution in [3.8, 4) is 0 Å². The van der Waals surface area contributed by atoms with Crippen molar-refractivity contribution in [2.45, 2.75) is 6.54 Å². The van der Waals surface area contributed by atoms with Gasteiger partial charge in [-0.25, -0.2) is 87.8 Å². The summed E-state index contributed by atoms with van der Waals surface area (Å²) in [5.41, 5.74) is -13.6. The molecule has 0 aliphatic heterocycles. The Morgan fingerprint density at radius 3 is 0.954 bits per heavy atom. The van der Waals surface area contributed by atoms with Crippen molar-refractivity contribution in [3.63, 3.8) is 0 Å². The van der Waals surface area contributed by atoms with Crippen LogP contribution in [0.5, 0.6) is 0 Å². The monoisotopic (exact) mass is 961 g/mol. The minimum Gasteiger partial charge on any atom is -0.287 e. The number of aromatic nitrogens is 1. The zero-order valence-electron chi connectivity index (χ0n) is 30.9. The highest BCUT2D eigenvalue weighted by molar-refractivity contribution is 7.20. The van der Waals surface area contributed by atoms with Gasteiger partial charge in [0.15, 0.2) is 76.0 Å². The Bertz CT molecular complexity index is 2730. The molecule has 0 spiro atoms. The molecule has 0 N–H and O–H groups in total. The maximum atomic E-state index is 15.4. The van der Waals surface area contributed by atoms with Crippen molar-refractivity contribution < 1.29 is 97.2 Å². The van der Waals surface area contributed by atoms with E-state index >= 15 is 35.1 Å². The van der Waals surface area contributed by atoms with Crippen LogP contribution in [0.25, 0.3) is 10.8 Å². The smallest absolute Gasteiger partial charge is 0.275 e. The lowest BCUT2D eigenvalue weighted by Crippen LogP contribution is -2.81. The van der Waals surface area contributed by atoms with Crippen molar-refractivity contribution in [2.75, 3.05) is 0 Å². The van der Waals surface area contributed by atoms with Crippen LogP contribution in [0.1, 0.15) is 10.4 Å². The minimum atomic E-state index is -7.22. The van der Waals surface area contributed by atoms with Crippen LogP contribution in [0, 0.1) is 116 Å². The van der Waals surface area contributed by atoms with Gasteiger partial charge in [0.2, 0.25) is 12.3 Å². The molecule has 1 aromatic heterocycles. The van der Waals surface area contributed by atoms with E-state index in [1.807, 2.05) is 66.9 Å². The number of ketones is 1. The van der Waals surface area contributed by atoms with Crippen LogP contribution >= 0.6 is 11.6 Å². The number of hydrogen-bond acceptors (Lipinski definition) is 1. The number of Topliss-reactive ketones (excluding diaryl/α,β-unsaturated/α-hetero) is 1. The first kappa shape index (κ1) is 47.8. The van der Waals surface area contributed by atoms with E-state index in [9.17, 15) is 57.5 Å². The molecule has 0 saturated heterocycles. The third-order valence-corrected chi connectivity index (χ3v) is 10.3. The van der Waals surface area contributed by atoms with Gasteiger partial charge in [0.25, 0.3) is 5.15 Å². The molecule has 0 saturated carbocycles. The fourth-order valence-corrected chi connectivity index (χ4v) is 7.29. The molecule has 7 aromatic rings. The highest BCUT2D eigenvalue weighted by atomic mass is 35.5. The minimum absolute atomic E-state index is 0.0489. The van der Waals surface area contributed by atoms with E-state index in [0.717, 1.165) is 10.8 Å². The summed E-state index contributed by atoms with van der Waals surface area (Å²) in [5.74, 6) is -71.4. The highest BCUT2D eigenvalue weighted by Crippen LogP contribution is 2.31. The molecule has 0 fully saturated rings. The SMILES string of the molecule is Fc1c(F)c(F)c([B-](c2c(F)c(F)c(F)c(F)c2F)(c2c(F)c(F)c(F)c(F)c2F)c2c(F)c(F)c(F)c(F)c2F)c(F)c1F.O=C(C[n+]1cc2ccccc2cc1Cl)c1ccccc1. The second-order valence-corrected chi connectivity index (χ2v) is 13.8. The van der Waals surface area contributed by atoms with Crippen LogP contribution in [-0.4, -0.2) is 11.9 Å². The van der Waals surface area contributed by atoms with E-state index in [1.54, 1.807) is 4.57 Å². The van der Waals surface area contributed by atoms with Crippen molar-refractivity contribution >= 4 is 56.2 Å². The second kappa shape index (κ2) is 17.7. The number of nitrogens with zero attached hydrogens (tertiary/aromatic N) is 1. The standard InChI is InChI=1S/C24BF20.C17H13ClNO/c26-5-1(6(27)14(35)21(42)13(5)34)25(2-7(28)15(36)22(43)16(37)8(2)29,3-9(30)17(38)23(44)18(39)10(3)31)4-11(32)19(40)24(45)20(41)12(4)33;18-17-10-14-8-4-5-9-15(14)11-19(17)12-16(20)13-6-2-1-3-7-13/h;1-11H,12H2/q-1;+1. The van der Waals surface area contributed by atoms with Gasteiger partial charge in [-0.05, 0) is 23.1 Å². The zero-order valence-corrected chi connectivity index (χ0v) is 31.7. The molecule has 0 unspecified atom stereocenters. The summed E-state index contributed by atoms with van der Waals surface area (Å²) in [7, 11) is 0. The molecule has 0 amide bonds. The first-order valence-corrected chi connectivity index (χ1v) is 17.7. The molecule has 338 valence electrons. The van der Waals surface area contributed by atoms with E-state index in [2.05, 4.69) is 0 Å². The van der Waals surface area contributed by atoms with Gasteiger partial charge in [0.1, 0.15) is 52.7 Å². The number of pyridine rings is 1. The van der Waals surface area contributed by atoms with E-state index in [0.29, 0.717) is 10.7 Å². The normalized spacial score (nSPS) is 11.6. The number of rotatable bonds is 7. The van der Waals surface area contributed by atoms with Crippen LogP contribution in [0.15, 0.2) is 66.9 Å². The largest absolute Gasteiger partial charge is 0.287 e. The molecule has 7 rings (SSSR count). The number of fused-ring (bicyclic) bond motifs is 1. The predicted octanol–water partition coefficient (Wildman–Crippen LogP) is 9.51. The maximum absolute atomic E-state index is 15.4. The lowest BCUT2D eigenvalue weighted by Gasteiger charge is -2.44. The van der Waals surface area contributed by atoms with Gasteiger partial charge in [-0.2, -0.15) is 4.57 Å². The van der Waals surface area contributed by atoms with Crippen molar-refractivity contribution in [2.24, 2.45) is 0 Å². The number of hydrogen-bond donors (Lipinski definition) is 0. The van der Waals surface area contributed by atoms with Crippen molar-refractivity contribution in [1.82, 2.24) is 0 Å². The van der Waals surface area contributed by atoms with Gasteiger partial charge in [-0.1, -0.05) is 48.5 Å². The van der Waals surface area contributed by atoms with Crippen molar-refractivity contribution in [3.05, 3.63) is 194 Å². The first-order chi connectivity index (χ1) is 30.4. The molecule has 0 radical (unpaired) electrons. The quantitative estimate of drug-likeness (QED) is 0.0297. The fraction of sp³-hybridized carbons (Fsp3) is 0.0244. The lowest BCUT2D eigenvalue weighted by atomic mass is 9.12. The third kappa shape index (κ3) is 7.57. The topological polar surface area (TPSA) is 20.9 Å². The van der Waals surface area contributed by atoms with Crippen LogP contribution in [0.2, 0.25) is 5.15 Å². The molecular formula is C41H13BClF20NO. The fourth-order valence-electron chi connectivity index (χ4n) is 7.07. The van der Waals surface area contributed by atoms with Crippen LogP contribution in [-0.2, 0) is 6.54 Å². The Kier molecular flexibility index (Phi) is 13.0. The molecule has 0 aliphatic rings. The maximum Gasteiger partial charge on any atom is 0.275 e. The Labute approximate surface area is 353 Å². The van der Waals surface area contributed by atoms with Gasteiger partial charge in [0.05, 0.1) is 0 Å². The first-order valence-electron chi connectivity index (χ1n) is 17.3. The molecule has 24 heteroatoms. The highest BCUT2D eigenvalue weighted by Gasteiger charge is 2.52. The second-order valence-electron chi connectivity index (χ2n) is 13.4. The Morgan fingerprint density at radius 1 is 0.385 bits per heavy atom. The van der Waals surface area contributed by atoms with E-state index in [-0.39, 0.29) is 12.3 Å². The number of halogens is 21. The molecule has 0 atom stereocenters. The Balaban J connectivity index is 0.000000289. The summed E-state index contributed by atoms with van der Waals surface area (Å²) in [4.78, 5) is 12.2. The zero-order chi connectivity index (χ0) is 48.3.